The average molecular weight is 361 g/mol. The molecule has 1 aliphatic rings. The molecule has 0 aliphatic carbocycles. The van der Waals surface area contributed by atoms with Gasteiger partial charge in [0.25, 0.3) is 0 Å². The van der Waals surface area contributed by atoms with Crippen molar-refractivity contribution in [2.75, 3.05) is 23.3 Å². The summed E-state index contributed by atoms with van der Waals surface area (Å²) in [4.78, 5) is 18.1. The maximum atomic E-state index is 12.4. The fraction of sp³-hybridized carbons (Fsp3) is 0.348. The van der Waals surface area contributed by atoms with Crippen molar-refractivity contribution in [3.8, 4) is 0 Å². The first kappa shape index (κ1) is 17.7. The summed E-state index contributed by atoms with van der Waals surface area (Å²) in [6, 6.07) is 14.7. The van der Waals surface area contributed by atoms with E-state index in [1.807, 2.05) is 12.1 Å². The predicted octanol–water partition coefficient (Wildman–Crippen LogP) is 5.04. The molecule has 2 N–H and O–H groups in total. The highest BCUT2D eigenvalue weighted by atomic mass is 16.1. The van der Waals surface area contributed by atoms with Crippen LogP contribution < -0.4 is 10.2 Å². The van der Waals surface area contributed by atoms with E-state index in [-0.39, 0.29) is 5.91 Å². The van der Waals surface area contributed by atoms with E-state index >= 15 is 0 Å². The number of carbonyl (C=O) groups is 1. The number of rotatable bonds is 6. The van der Waals surface area contributed by atoms with Crippen molar-refractivity contribution in [2.24, 2.45) is 0 Å². The van der Waals surface area contributed by atoms with E-state index in [9.17, 15) is 4.79 Å². The number of anilines is 2. The Morgan fingerprint density at radius 2 is 1.96 bits per heavy atom. The van der Waals surface area contributed by atoms with Crippen LogP contribution in [0.3, 0.4) is 0 Å². The number of carbonyl (C=O) groups excluding carboxylic acids is 1. The van der Waals surface area contributed by atoms with Gasteiger partial charge in [-0.2, -0.15) is 0 Å². The Hall–Kier alpha value is -2.75. The largest absolute Gasteiger partial charge is 0.372 e. The van der Waals surface area contributed by atoms with Gasteiger partial charge in [0.05, 0.1) is 0 Å². The van der Waals surface area contributed by atoms with Gasteiger partial charge in [0.15, 0.2) is 0 Å². The van der Waals surface area contributed by atoms with E-state index < -0.39 is 0 Å². The average Bonchev–Trinajstić information content (AvgIpc) is 3.34. The van der Waals surface area contributed by atoms with Gasteiger partial charge < -0.3 is 15.2 Å². The van der Waals surface area contributed by atoms with Gasteiger partial charge in [-0.1, -0.05) is 18.2 Å². The van der Waals surface area contributed by atoms with Crippen LogP contribution in [0.25, 0.3) is 10.9 Å². The third kappa shape index (κ3) is 4.00. The monoisotopic (exact) mass is 361 g/mol. The summed E-state index contributed by atoms with van der Waals surface area (Å²) < 4.78 is 0. The molecule has 2 aromatic carbocycles. The van der Waals surface area contributed by atoms with Crippen LogP contribution in [0.15, 0.2) is 48.7 Å². The van der Waals surface area contributed by atoms with Crippen LogP contribution in [0.4, 0.5) is 11.4 Å². The standard InChI is InChI=1S/C23H27N3O/c1-17-15-19(26-13-4-5-14-26)11-12-21(17)25-23(27)10-6-7-18-16-24-22-9-3-2-8-20(18)22/h2-3,8-9,11-12,15-16,24H,4-7,10,13-14H2,1H3,(H,25,27). The Morgan fingerprint density at radius 1 is 1.15 bits per heavy atom. The zero-order valence-electron chi connectivity index (χ0n) is 15.9. The zero-order valence-corrected chi connectivity index (χ0v) is 15.9. The van der Waals surface area contributed by atoms with Gasteiger partial charge in [-0.15, -0.1) is 0 Å². The maximum Gasteiger partial charge on any atom is 0.224 e. The first-order valence-corrected chi connectivity index (χ1v) is 9.91. The number of benzene rings is 2. The van der Waals surface area contributed by atoms with Crippen molar-refractivity contribution in [2.45, 2.75) is 39.0 Å². The normalized spacial score (nSPS) is 14.0. The van der Waals surface area contributed by atoms with E-state index in [1.54, 1.807) is 0 Å². The number of nitrogens with one attached hydrogen (secondary N) is 2. The number of fused-ring (bicyclic) bond motifs is 1. The molecule has 0 atom stereocenters. The quantitative estimate of drug-likeness (QED) is 0.646. The minimum Gasteiger partial charge on any atom is -0.372 e. The summed E-state index contributed by atoms with van der Waals surface area (Å²) in [5, 5.41) is 4.34. The van der Waals surface area contributed by atoms with Crippen LogP contribution in [0.1, 0.15) is 36.8 Å². The van der Waals surface area contributed by atoms with Crippen molar-refractivity contribution >= 4 is 28.2 Å². The summed E-state index contributed by atoms with van der Waals surface area (Å²) in [5.41, 5.74) is 5.76. The van der Waals surface area contributed by atoms with Crippen molar-refractivity contribution in [1.29, 1.82) is 0 Å². The van der Waals surface area contributed by atoms with Gasteiger partial charge in [0, 0.05) is 48.0 Å². The zero-order chi connectivity index (χ0) is 18.6. The topological polar surface area (TPSA) is 48.1 Å². The second kappa shape index (κ2) is 7.87. The number of hydrogen-bond donors (Lipinski definition) is 2. The molecule has 4 heteroatoms. The molecule has 0 spiro atoms. The SMILES string of the molecule is Cc1cc(N2CCCC2)ccc1NC(=O)CCCc1c[nH]c2ccccc12. The van der Waals surface area contributed by atoms with Crippen LogP contribution in [-0.2, 0) is 11.2 Å². The van der Waals surface area contributed by atoms with Gasteiger partial charge >= 0.3 is 0 Å². The number of amides is 1. The third-order valence-corrected chi connectivity index (χ3v) is 5.48. The van der Waals surface area contributed by atoms with E-state index in [0.717, 1.165) is 42.7 Å². The minimum absolute atomic E-state index is 0.0897. The van der Waals surface area contributed by atoms with Crippen molar-refractivity contribution in [3.05, 3.63) is 59.8 Å². The van der Waals surface area contributed by atoms with E-state index in [4.69, 9.17) is 0 Å². The molecule has 4 rings (SSSR count). The molecule has 0 unspecified atom stereocenters. The van der Waals surface area contributed by atoms with Crippen molar-refractivity contribution in [1.82, 2.24) is 4.98 Å². The molecule has 140 valence electrons. The number of H-pyrrole nitrogens is 1. The lowest BCUT2D eigenvalue weighted by Crippen LogP contribution is -2.18. The lowest BCUT2D eigenvalue weighted by molar-refractivity contribution is -0.116. The molecule has 27 heavy (non-hydrogen) atoms. The molecule has 1 fully saturated rings. The van der Waals surface area contributed by atoms with Crippen LogP contribution >= 0.6 is 0 Å². The van der Waals surface area contributed by atoms with Gasteiger partial charge in [-0.05, 0) is 68.0 Å². The van der Waals surface area contributed by atoms with E-state index in [1.165, 1.54) is 29.5 Å². The second-order valence-corrected chi connectivity index (χ2v) is 7.45. The van der Waals surface area contributed by atoms with E-state index in [0.29, 0.717) is 6.42 Å². The molecule has 0 radical (unpaired) electrons. The molecule has 3 aromatic rings. The molecule has 1 saturated heterocycles. The summed E-state index contributed by atoms with van der Waals surface area (Å²) >= 11 is 0. The van der Waals surface area contributed by atoms with Crippen molar-refractivity contribution in [3.63, 3.8) is 0 Å². The smallest absolute Gasteiger partial charge is 0.224 e. The summed E-state index contributed by atoms with van der Waals surface area (Å²) in [7, 11) is 0. The molecular weight excluding hydrogens is 334 g/mol. The van der Waals surface area contributed by atoms with Gasteiger partial charge in [0.1, 0.15) is 0 Å². The number of para-hydroxylation sites is 1. The number of aromatic amines is 1. The lowest BCUT2D eigenvalue weighted by Gasteiger charge is -2.19. The molecule has 2 heterocycles. The number of aryl methyl sites for hydroxylation is 2. The maximum absolute atomic E-state index is 12.4. The van der Waals surface area contributed by atoms with Crippen molar-refractivity contribution < 1.29 is 4.79 Å². The van der Waals surface area contributed by atoms with Gasteiger partial charge in [0.2, 0.25) is 5.91 Å². The van der Waals surface area contributed by atoms with Crippen LogP contribution in [0.5, 0.6) is 0 Å². The summed E-state index contributed by atoms with van der Waals surface area (Å²) in [6.45, 7) is 4.35. The fourth-order valence-corrected chi connectivity index (χ4v) is 3.95. The second-order valence-electron chi connectivity index (χ2n) is 7.45. The van der Waals surface area contributed by atoms with E-state index in [2.05, 4.69) is 58.7 Å². The highest BCUT2D eigenvalue weighted by molar-refractivity contribution is 5.92. The Kier molecular flexibility index (Phi) is 5.14. The summed E-state index contributed by atoms with van der Waals surface area (Å²) in [6.07, 6.45) is 6.89. The predicted molar refractivity (Wildman–Crippen MR) is 112 cm³/mol. The molecule has 4 nitrogen and oxygen atoms in total. The Balaban J connectivity index is 1.31. The molecule has 0 bridgehead atoms. The molecular formula is C23H27N3O. The first-order chi connectivity index (χ1) is 13.2. The minimum atomic E-state index is 0.0897. The third-order valence-electron chi connectivity index (χ3n) is 5.48. The van der Waals surface area contributed by atoms with Gasteiger partial charge in [-0.3, -0.25) is 4.79 Å². The van der Waals surface area contributed by atoms with Gasteiger partial charge in [-0.25, -0.2) is 0 Å². The molecule has 1 amide bonds. The number of aromatic nitrogens is 1. The highest BCUT2D eigenvalue weighted by Crippen LogP contribution is 2.26. The Morgan fingerprint density at radius 3 is 2.78 bits per heavy atom. The first-order valence-electron chi connectivity index (χ1n) is 9.91. The van der Waals surface area contributed by atoms with Crippen LogP contribution in [-0.4, -0.2) is 24.0 Å². The molecule has 1 aromatic heterocycles. The van der Waals surface area contributed by atoms with Crippen LogP contribution in [0.2, 0.25) is 0 Å². The molecule has 1 aliphatic heterocycles. The Bertz CT molecular complexity index is 938. The fourth-order valence-electron chi connectivity index (χ4n) is 3.95. The Labute approximate surface area is 160 Å². The number of hydrogen-bond acceptors (Lipinski definition) is 2. The number of nitrogens with zero attached hydrogens (tertiary/aromatic N) is 1. The summed E-state index contributed by atoms with van der Waals surface area (Å²) in [5.74, 6) is 0.0897. The highest BCUT2D eigenvalue weighted by Gasteiger charge is 2.13. The van der Waals surface area contributed by atoms with Crippen LogP contribution in [0, 0.1) is 6.92 Å². The molecule has 0 saturated carbocycles. The lowest BCUT2D eigenvalue weighted by atomic mass is 10.1.